The normalized spacial score (nSPS) is 10.6. The number of nitrogens with zero attached hydrogens (tertiary/aromatic N) is 2. The maximum Gasteiger partial charge on any atom is 0.213 e. The van der Waals surface area contributed by atoms with Crippen molar-refractivity contribution < 1.29 is 4.74 Å². The molecule has 3 nitrogen and oxygen atoms in total. The molecule has 0 saturated carbocycles. The van der Waals surface area contributed by atoms with Gasteiger partial charge in [-0.05, 0) is 6.07 Å². The van der Waals surface area contributed by atoms with Crippen LogP contribution in [0.4, 0.5) is 0 Å². The molecule has 0 aliphatic carbocycles. The van der Waals surface area contributed by atoms with Crippen molar-refractivity contribution >= 4 is 34.2 Å². The molecular weight excluding hydrogens is 235 g/mol. The van der Waals surface area contributed by atoms with Gasteiger partial charge in [-0.1, -0.05) is 11.6 Å². The minimum atomic E-state index is 0.304. The number of ether oxygens (including phenoxy) is 1. The molecule has 0 fully saturated rings. The van der Waals surface area contributed by atoms with E-state index in [9.17, 15) is 0 Å². The molecule has 2 aromatic heterocycles. The van der Waals surface area contributed by atoms with Crippen molar-refractivity contribution in [3.05, 3.63) is 28.9 Å². The molecule has 0 atom stereocenters. The van der Waals surface area contributed by atoms with Crippen molar-refractivity contribution in [2.45, 2.75) is 5.88 Å². The first kappa shape index (κ1) is 10.5. The zero-order chi connectivity index (χ0) is 10.8. The largest absolute Gasteiger partial charge is 0.481 e. The van der Waals surface area contributed by atoms with Crippen molar-refractivity contribution in [2.24, 2.45) is 0 Å². The Balaban J connectivity index is 2.76. The van der Waals surface area contributed by atoms with Crippen LogP contribution in [-0.2, 0) is 5.88 Å². The summed E-state index contributed by atoms with van der Waals surface area (Å²) in [6.45, 7) is 0. The van der Waals surface area contributed by atoms with Crippen LogP contribution in [-0.4, -0.2) is 17.1 Å². The zero-order valence-electron chi connectivity index (χ0n) is 8.00. The number of pyridine rings is 2. The molecule has 5 heteroatoms. The molecule has 2 heterocycles. The first-order chi connectivity index (χ1) is 7.26. The molecule has 0 spiro atoms. The first-order valence-corrected chi connectivity index (χ1v) is 5.21. The lowest BCUT2D eigenvalue weighted by atomic mass is 10.2. The summed E-state index contributed by atoms with van der Waals surface area (Å²) in [4.78, 5) is 8.43. The van der Waals surface area contributed by atoms with Crippen LogP contribution in [0.3, 0.4) is 0 Å². The van der Waals surface area contributed by atoms with Crippen LogP contribution in [0.15, 0.2) is 18.3 Å². The van der Waals surface area contributed by atoms with Gasteiger partial charge in [0.1, 0.15) is 0 Å². The van der Waals surface area contributed by atoms with Gasteiger partial charge in [0.15, 0.2) is 0 Å². The van der Waals surface area contributed by atoms with Crippen LogP contribution in [0, 0.1) is 0 Å². The number of halogens is 2. The number of methoxy groups -OCH3 is 1. The van der Waals surface area contributed by atoms with Crippen molar-refractivity contribution in [2.75, 3.05) is 7.11 Å². The number of rotatable bonds is 2. The van der Waals surface area contributed by atoms with E-state index in [4.69, 9.17) is 27.9 Å². The van der Waals surface area contributed by atoms with Gasteiger partial charge in [-0.25, -0.2) is 4.98 Å². The minimum absolute atomic E-state index is 0.304. The Bertz CT molecular complexity index is 502. The predicted octanol–water partition coefficient (Wildman–Crippen LogP) is 3.03. The minimum Gasteiger partial charge on any atom is -0.481 e. The molecule has 0 aliphatic rings. The van der Waals surface area contributed by atoms with Gasteiger partial charge in [0.05, 0.1) is 29.0 Å². The lowest BCUT2D eigenvalue weighted by Gasteiger charge is -2.05. The monoisotopic (exact) mass is 242 g/mol. The maximum atomic E-state index is 5.97. The molecule has 78 valence electrons. The van der Waals surface area contributed by atoms with Crippen molar-refractivity contribution in [3.8, 4) is 5.88 Å². The summed E-state index contributed by atoms with van der Waals surface area (Å²) in [7, 11) is 1.56. The van der Waals surface area contributed by atoms with E-state index in [2.05, 4.69) is 9.97 Å². The number of fused-ring (bicyclic) bond motifs is 1. The van der Waals surface area contributed by atoms with Gasteiger partial charge in [-0.15, -0.1) is 11.6 Å². The smallest absolute Gasteiger partial charge is 0.213 e. The Morgan fingerprint density at radius 2 is 2.20 bits per heavy atom. The van der Waals surface area contributed by atoms with E-state index in [1.165, 1.54) is 0 Å². The van der Waals surface area contributed by atoms with Crippen LogP contribution >= 0.6 is 23.2 Å². The fourth-order valence-corrected chi connectivity index (χ4v) is 1.86. The van der Waals surface area contributed by atoms with Gasteiger partial charge in [-0.3, -0.25) is 4.98 Å². The molecule has 2 aromatic rings. The topological polar surface area (TPSA) is 35.0 Å². The Hall–Kier alpha value is -1.06. The first-order valence-electron chi connectivity index (χ1n) is 4.30. The second-order valence-corrected chi connectivity index (χ2v) is 3.61. The molecule has 0 amide bonds. The summed E-state index contributed by atoms with van der Waals surface area (Å²) in [6.07, 6.45) is 1.58. The third kappa shape index (κ3) is 1.85. The summed E-state index contributed by atoms with van der Waals surface area (Å²) < 4.78 is 5.04. The second-order valence-electron chi connectivity index (χ2n) is 2.94. The zero-order valence-corrected chi connectivity index (χ0v) is 9.51. The summed E-state index contributed by atoms with van der Waals surface area (Å²) in [5, 5.41) is 0.526. The van der Waals surface area contributed by atoms with E-state index < -0.39 is 0 Å². The van der Waals surface area contributed by atoms with Gasteiger partial charge < -0.3 is 4.74 Å². The Labute approximate surface area is 97.0 Å². The SMILES string of the molecule is COc1ccc2ncc(Cl)c(CCl)c2n1. The van der Waals surface area contributed by atoms with Crippen molar-refractivity contribution in [1.82, 2.24) is 9.97 Å². The molecule has 2 rings (SSSR count). The highest BCUT2D eigenvalue weighted by atomic mass is 35.5. The number of alkyl halides is 1. The summed E-state index contributed by atoms with van der Waals surface area (Å²) >= 11 is 11.8. The van der Waals surface area contributed by atoms with Crippen LogP contribution < -0.4 is 4.74 Å². The van der Waals surface area contributed by atoms with E-state index in [1.54, 1.807) is 19.4 Å². The third-order valence-electron chi connectivity index (χ3n) is 2.08. The summed E-state index contributed by atoms with van der Waals surface area (Å²) in [6, 6.07) is 3.58. The summed E-state index contributed by atoms with van der Waals surface area (Å²) in [5.41, 5.74) is 2.23. The Morgan fingerprint density at radius 1 is 1.40 bits per heavy atom. The molecule has 0 radical (unpaired) electrons. The highest BCUT2D eigenvalue weighted by molar-refractivity contribution is 6.33. The van der Waals surface area contributed by atoms with Crippen molar-refractivity contribution in [3.63, 3.8) is 0 Å². The molecule has 15 heavy (non-hydrogen) atoms. The maximum absolute atomic E-state index is 5.97. The molecule has 0 bridgehead atoms. The highest BCUT2D eigenvalue weighted by Crippen LogP contribution is 2.25. The van der Waals surface area contributed by atoms with Gasteiger partial charge in [-0.2, -0.15) is 0 Å². The highest BCUT2D eigenvalue weighted by Gasteiger charge is 2.08. The molecular formula is C10H8Cl2N2O. The molecule has 0 aromatic carbocycles. The van der Waals surface area contributed by atoms with Crippen LogP contribution in [0.5, 0.6) is 5.88 Å². The number of hydrogen-bond acceptors (Lipinski definition) is 3. The second kappa shape index (κ2) is 4.21. The van der Waals surface area contributed by atoms with Gasteiger partial charge in [0.2, 0.25) is 5.88 Å². The van der Waals surface area contributed by atoms with Crippen LogP contribution in [0.1, 0.15) is 5.56 Å². The fraction of sp³-hybridized carbons (Fsp3) is 0.200. The molecule has 0 aliphatic heterocycles. The Kier molecular flexibility index (Phi) is 2.93. The van der Waals surface area contributed by atoms with Gasteiger partial charge in [0.25, 0.3) is 0 Å². The van der Waals surface area contributed by atoms with E-state index >= 15 is 0 Å². The average molecular weight is 243 g/mol. The quantitative estimate of drug-likeness (QED) is 0.760. The number of hydrogen-bond donors (Lipinski definition) is 0. The fourth-order valence-electron chi connectivity index (χ4n) is 1.32. The van der Waals surface area contributed by atoms with Crippen LogP contribution in [0.25, 0.3) is 11.0 Å². The molecule has 0 unspecified atom stereocenters. The molecule has 0 N–H and O–H groups in total. The predicted molar refractivity (Wildman–Crippen MR) is 60.7 cm³/mol. The van der Waals surface area contributed by atoms with Crippen LogP contribution in [0.2, 0.25) is 5.02 Å². The standard InChI is InChI=1S/C10H8Cl2N2O/c1-15-9-3-2-8-10(14-9)6(4-11)7(12)5-13-8/h2-3,5H,4H2,1H3. The average Bonchev–Trinajstić information content (AvgIpc) is 2.28. The lowest BCUT2D eigenvalue weighted by Crippen LogP contribution is -1.93. The molecule has 0 saturated heterocycles. The Morgan fingerprint density at radius 3 is 2.87 bits per heavy atom. The van der Waals surface area contributed by atoms with E-state index in [1.807, 2.05) is 6.07 Å². The third-order valence-corrected chi connectivity index (χ3v) is 2.68. The van der Waals surface area contributed by atoms with Gasteiger partial charge in [0, 0.05) is 17.8 Å². The van der Waals surface area contributed by atoms with E-state index in [-0.39, 0.29) is 0 Å². The summed E-state index contributed by atoms with van der Waals surface area (Å²) in [5.74, 6) is 0.829. The van der Waals surface area contributed by atoms with E-state index in [0.717, 1.165) is 11.1 Å². The van der Waals surface area contributed by atoms with Gasteiger partial charge >= 0.3 is 0 Å². The van der Waals surface area contributed by atoms with E-state index in [0.29, 0.717) is 22.3 Å². The van der Waals surface area contributed by atoms with Crippen molar-refractivity contribution in [1.29, 1.82) is 0 Å². The lowest BCUT2D eigenvalue weighted by molar-refractivity contribution is 0.399. The number of aromatic nitrogens is 2.